The van der Waals surface area contributed by atoms with Crippen molar-refractivity contribution >= 4 is 6.29 Å². The highest BCUT2D eigenvalue weighted by Crippen LogP contribution is 2.43. The summed E-state index contributed by atoms with van der Waals surface area (Å²) in [5.41, 5.74) is 6.61. The topological polar surface area (TPSA) is 66.9 Å². The molecule has 0 radical (unpaired) electrons. The maximum absolute atomic E-state index is 12.6. The molecule has 8 aromatic carbocycles. The number of rotatable bonds is 17. The van der Waals surface area contributed by atoms with Gasteiger partial charge in [-0.15, -0.1) is 0 Å². The molecule has 9 rings (SSSR count). The van der Waals surface area contributed by atoms with E-state index in [-0.39, 0.29) is 17.1 Å². The van der Waals surface area contributed by atoms with Gasteiger partial charge in [-0.05, 0) is 68.8 Å². The van der Waals surface area contributed by atoms with E-state index in [1.165, 1.54) is 12.4 Å². The molecule has 1 aromatic heterocycles. The fraction of sp³-hybridized carbons (Fsp3) is 0.0690. The van der Waals surface area contributed by atoms with Crippen molar-refractivity contribution in [3.63, 3.8) is 0 Å². The molecule has 0 unspecified atom stereocenters. The van der Waals surface area contributed by atoms with Gasteiger partial charge in [0.25, 0.3) is 0 Å². The van der Waals surface area contributed by atoms with Gasteiger partial charge in [0.15, 0.2) is 17.8 Å². The molecule has 0 saturated carbocycles. The number of aromatic nitrogens is 1. The monoisotopic (exact) mass is 835 g/mol. The Balaban J connectivity index is 0.904. The molecule has 0 aliphatic carbocycles. The second-order valence-electron chi connectivity index (χ2n) is 15.3. The van der Waals surface area contributed by atoms with Crippen LogP contribution in [-0.4, -0.2) is 11.3 Å². The summed E-state index contributed by atoms with van der Waals surface area (Å²) in [6.07, 6.45) is 3.75. The lowest BCUT2D eigenvalue weighted by atomic mass is 9.80. The van der Waals surface area contributed by atoms with Gasteiger partial charge in [-0.2, -0.15) is 0 Å². The molecule has 0 spiro atoms. The number of pyridine rings is 1. The highest BCUT2D eigenvalue weighted by molar-refractivity contribution is 5.83. The zero-order chi connectivity index (χ0) is 43.4. The summed E-state index contributed by atoms with van der Waals surface area (Å²) in [7, 11) is 0. The molecule has 0 saturated heterocycles. The fourth-order valence-corrected chi connectivity index (χ4v) is 8.19. The average molecular weight is 836 g/mol. The molecule has 0 aliphatic rings. The number of aldehydes is 1. The quantitative estimate of drug-likeness (QED) is 0.0672. The maximum Gasteiger partial charge on any atom is 0.159 e. The minimum absolute atomic E-state index is 0.242. The number of hydrogen-bond donors (Lipinski definition) is 0. The van der Waals surface area contributed by atoms with Gasteiger partial charge in [-0.1, -0.05) is 206 Å². The van der Waals surface area contributed by atoms with Gasteiger partial charge in [-0.25, -0.2) is 0 Å². The van der Waals surface area contributed by atoms with Crippen molar-refractivity contribution in [2.24, 2.45) is 0 Å². The highest BCUT2D eigenvalue weighted by Gasteiger charge is 2.39. The first kappa shape index (κ1) is 41.5. The van der Waals surface area contributed by atoms with E-state index in [0.29, 0.717) is 24.7 Å². The molecule has 0 amide bonds. The summed E-state index contributed by atoms with van der Waals surface area (Å²) < 4.78 is 26.5. The van der Waals surface area contributed by atoms with Gasteiger partial charge in [0, 0.05) is 0 Å². The van der Waals surface area contributed by atoms with Gasteiger partial charge in [0.2, 0.25) is 0 Å². The number of carbonyl (C=O) groups is 1. The van der Waals surface area contributed by atoms with Crippen molar-refractivity contribution in [3.8, 4) is 23.0 Å². The van der Waals surface area contributed by atoms with E-state index in [2.05, 4.69) is 77.8 Å². The lowest BCUT2D eigenvalue weighted by Crippen LogP contribution is -2.32. The predicted octanol–water partition coefficient (Wildman–Crippen LogP) is 13.5. The number of ether oxygens (including phenoxy) is 4. The van der Waals surface area contributed by atoms with Crippen molar-refractivity contribution in [3.05, 3.63) is 293 Å². The van der Waals surface area contributed by atoms with Crippen molar-refractivity contribution in [1.29, 1.82) is 0 Å². The third kappa shape index (κ3) is 8.74. The molecule has 6 nitrogen and oxygen atoms in total. The van der Waals surface area contributed by atoms with E-state index in [1.54, 1.807) is 0 Å². The minimum Gasteiger partial charge on any atom is -0.455 e. The van der Waals surface area contributed by atoms with Gasteiger partial charge >= 0.3 is 0 Å². The summed E-state index contributed by atoms with van der Waals surface area (Å²) in [5.74, 6) is 1.62. The largest absolute Gasteiger partial charge is 0.455 e. The molecule has 64 heavy (non-hydrogen) atoms. The van der Waals surface area contributed by atoms with Crippen LogP contribution in [-0.2, 0) is 33.9 Å². The summed E-state index contributed by atoms with van der Waals surface area (Å²) in [6, 6.07) is 77.1. The van der Waals surface area contributed by atoms with E-state index >= 15 is 0 Å². The van der Waals surface area contributed by atoms with Crippen LogP contribution >= 0.6 is 0 Å². The molecule has 312 valence electrons. The van der Waals surface area contributed by atoms with Crippen molar-refractivity contribution in [2.45, 2.75) is 24.4 Å². The minimum atomic E-state index is -0.850. The lowest BCUT2D eigenvalue weighted by Gasteiger charge is -2.36. The maximum atomic E-state index is 12.6. The zero-order valence-electron chi connectivity index (χ0n) is 35.1. The van der Waals surface area contributed by atoms with Gasteiger partial charge in [0.1, 0.15) is 28.3 Å². The van der Waals surface area contributed by atoms with Crippen LogP contribution in [0.4, 0.5) is 0 Å². The number of hydrogen-bond acceptors (Lipinski definition) is 6. The number of nitrogens with zero attached hydrogens (tertiary/aromatic N) is 1. The van der Waals surface area contributed by atoms with Crippen molar-refractivity contribution < 1.29 is 23.7 Å². The first-order chi connectivity index (χ1) is 31.7. The van der Waals surface area contributed by atoms with Crippen LogP contribution in [0.3, 0.4) is 0 Å². The number of benzene rings is 8. The van der Waals surface area contributed by atoms with Gasteiger partial charge < -0.3 is 18.9 Å². The van der Waals surface area contributed by atoms with Crippen LogP contribution in [0.15, 0.2) is 243 Å². The Hall–Kier alpha value is -7.90. The summed E-state index contributed by atoms with van der Waals surface area (Å²) >= 11 is 0. The van der Waals surface area contributed by atoms with Crippen LogP contribution in [0.25, 0.3) is 0 Å². The standard InChI is InChI=1S/C58H45NO5/c60-41-54-55(63-52-35-31-44(32-36-52)42-61-57(46-19-7-1-8-20-46,47-21-9-2-10-22-47)48-23-11-3-12-24-48)39-59-40-56(54)64-53-37-33-45(34-38-53)43-62-58(49-25-13-4-14-26-49,50-27-15-5-16-28-50)51-29-17-6-18-30-51/h1-41H,42-43H2. The second-order valence-corrected chi connectivity index (χ2v) is 15.3. The van der Waals surface area contributed by atoms with Crippen LogP contribution in [0.1, 0.15) is 54.9 Å². The Kier molecular flexibility index (Phi) is 12.6. The van der Waals surface area contributed by atoms with Crippen LogP contribution < -0.4 is 9.47 Å². The van der Waals surface area contributed by atoms with Crippen LogP contribution in [0, 0.1) is 0 Å². The summed E-state index contributed by atoms with van der Waals surface area (Å²) in [5, 5.41) is 0. The molecular formula is C58H45NO5. The van der Waals surface area contributed by atoms with Crippen molar-refractivity contribution in [2.75, 3.05) is 0 Å². The molecule has 1 heterocycles. The molecule has 0 N–H and O–H groups in total. The fourth-order valence-electron chi connectivity index (χ4n) is 8.19. The Morgan fingerprint density at radius 2 is 0.625 bits per heavy atom. The second kappa shape index (κ2) is 19.4. The van der Waals surface area contributed by atoms with E-state index in [1.807, 2.05) is 158 Å². The SMILES string of the molecule is O=Cc1c(Oc2ccc(COC(c3ccccc3)(c3ccccc3)c3ccccc3)cc2)cncc1Oc1ccc(COC(c2ccccc2)(c2ccccc2)c2ccccc2)cc1. The summed E-state index contributed by atoms with van der Waals surface area (Å²) in [6.45, 7) is 0.643. The molecule has 0 bridgehead atoms. The molecule has 6 heteroatoms. The first-order valence-corrected chi connectivity index (χ1v) is 21.2. The molecule has 0 fully saturated rings. The Bertz CT molecular complexity index is 2470. The smallest absolute Gasteiger partial charge is 0.159 e. The van der Waals surface area contributed by atoms with Crippen LogP contribution in [0.2, 0.25) is 0 Å². The molecule has 9 aromatic rings. The molecule has 0 atom stereocenters. The Morgan fingerprint density at radius 1 is 0.359 bits per heavy atom. The lowest BCUT2D eigenvalue weighted by molar-refractivity contribution is 0.000160. The zero-order valence-corrected chi connectivity index (χ0v) is 35.1. The molecular weight excluding hydrogens is 791 g/mol. The van der Waals surface area contributed by atoms with E-state index in [9.17, 15) is 4.79 Å². The van der Waals surface area contributed by atoms with E-state index < -0.39 is 11.2 Å². The highest BCUT2D eigenvalue weighted by atomic mass is 16.5. The Morgan fingerprint density at radius 3 is 0.875 bits per heavy atom. The first-order valence-electron chi connectivity index (χ1n) is 21.2. The molecule has 0 aliphatic heterocycles. The third-order valence-electron chi connectivity index (χ3n) is 11.3. The van der Waals surface area contributed by atoms with Crippen molar-refractivity contribution in [1.82, 2.24) is 4.98 Å². The van der Waals surface area contributed by atoms with Gasteiger partial charge in [0.05, 0.1) is 25.6 Å². The average Bonchev–Trinajstić information content (AvgIpc) is 3.37. The predicted molar refractivity (Wildman–Crippen MR) is 251 cm³/mol. The Labute approximate surface area is 374 Å². The summed E-state index contributed by atoms with van der Waals surface area (Å²) in [4.78, 5) is 16.9. The normalized spacial score (nSPS) is 11.4. The number of carbonyl (C=O) groups excluding carboxylic acids is 1. The van der Waals surface area contributed by atoms with E-state index in [4.69, 9.17) is 18.9 Å². The van der Waals surface area contributed by atoms with Gasteiger partial charge in [-0.3, -0.25) is 9.78 Å². The third-order valence-corrected chi connectivity index (χ3v) is 11.3. The van der Waals surface area contributed by atoms with Crippen LogP contribution in [0.5, 0.6) is 23.0 Å². The van der Waals surface area contributed by atoms with E-state index in [0.717, 1.165) is 50.8 Å².